The molecule has 1 aromatic heterocycles. The van der Waals surface area contributed by atoms with Crippen molar-refractivity contribution in [3.05, 3.63) is 53.5 Å². The lowest BCUT2D eigenvalue weighted by Gasteiger charge is -2.15. The number of benzene rings is 1. The predicted molar refractivity (Wildman–Crippen MR) is 98.3 cm³/mol. The molecule has 0 saturated carbocycles. The van der Waals surface area contributed by atoms with Crippen LogP contribution in [0.2, 0.25) is 0 Å². The van der Waals surface area contributed by atoms with Gasteiger partial charge in [-0.05, 0) is 41.5 Å². The van der Waals surface area contributed by atoms with Crippen LogP contribution in [0.25, 0.3) is 0 Å². The Labute approximate surface area is 146 Å². The minimum atomic E-state index is -0.861. The molecule has 3 N–H and O–H groups in total. The van der Waals surface area contributed by atoms with Crippen LogP contribution in [0.4, 0.5) is 10.5 Å². The molecular formula is C18H24N2O3S. The van der Waals surface area contributed by atoms with Crippen LogP contribution in [0.15, 0.2) is 41.0 Å². The third kappa shape index (κ3) is 5.32. The van der Waals surface area contributed by atoms with Crippen LogP contribution in [0, 0.1) is 6.92 Å². The van der Waals surface area contributed by atoms with E-state index >= 15 is 0 Å². The van der Waals surface area contributed by atoms with Gasteiger partial charge in [-0.2, -0.15) is 11.8 Å². The van der Waals surface area contributed by atoms with Gasteiger partial charge in [-0.3, -0.25) is 0 Å². The monoisotopic (exact) mass is 348 g/mol. The highest BCUT2D eigenvalue weighted by atomic mass is 32.2. The number of rotatable bonds is 7. The van der Waals surface area contributed by atoms with Gasteiger partial charge >= 0.3 is 6.03 Å². The summed E-state index contributed by atoms with van der Waals surface area (Å²) < 4.78 is 5.10. The molecular weight excluding hydrogens is 324 g/mol. The maximum Gasteiger partial charge on any atom is 0.319 e. The molecule has 2 aromatic rings. The first-order valence-corrected chi connectivity index (χ1v) is 8.98. The molecule has 0 fully saturated rings. The van der Waals surface area contributed by atoms with Crippen molar-refractivity contribution >= 4 is 23.5 Å². The number of nitrogens with one attached hydrogen (secondary N) is 2. The van der Waals surface area contributed by atoms with Gasteiger partial charge in [-0.1, -0.05) is 26.0 Å². The molecule has 1 atom stereocenters. The van der Waals surface area contributed by atoms with Crippen molar-refractivity contribution in [3.8, 4) is 0 Å². The van der Waals surface area contributed by atoms with Crippen LogP contribution in [-0.4, -0.2) is 22.9 Å². The second kappa shape index (κ2) is 8.80. The van der Waals surface area contributed by atoms with Gasteiger partial charge in [0.2, 0.25) is 0 Å². The number of carbonyl (C=O) groups is 1. The SMILES string of the molecule is Cc1c(CSC(C)C)cccc1NC(=O)NCC(O)c1ccco1. The van der Waals surface area contributed by atoms with Gasteiger partial charge in [-0.15, -0.1) is 0 Å². The molecule has 24 heavy (non-hydrogen) atoms. The van der Waals surface area contributed by atoms with E-state index in [0.717, 1.165) is 17.0 Å². The van der Waals surface area contributed by atoms with E-state index in [2.05, 4.69) is 30.5 Å². The van der Waals surface area contributed by atoms with Gasteiger partial charge in [0.15, 0.2) is 0 Å². The lowest BCUT2D eigenvalue weighted by Crippen LogP contribution is -2.32. The van der Waals surface area contributed by atoms with E-state index < -0.39 is 6.10 Å². The molecule has 5 nitrogen and oxygen atoms in total. The minimum absolute atomic E-state index is 0.0846. The van der Waals surface area contributed by atoms with E-state index in [1.54, 1.807) is 12.1 Å². The van der Waals surface area contributed by atoms with E-state index in [0.29, 0.717) is 11.0 Å². The summed E-state index contributed by atoms with van der Waals surface area (Å²) in [5.41, 5.74) is 3.05. The molecule has 0 saturated heterocycles. The Bertz CT molecular complexity index is 656. The summed E-state index contributed by atoms with van der Waals surface area (Å²) in [5, 5.41) is 16.0. The van der Waals surface area contributed by atoms with E-state index in [1.807, 2.05) is 30.8 Å². The maximum atomic E-state index is 12.0. The molecule has 6 heteroatoms. The predicted octanol–water partition coefficient (Wildman–Crippen LogP) is 4.08. The molecule has 0 spiro atoms. The summed E-state index contributed by atoms with van der Waals surface area (Å²) in [6.07, 6.45) is 0.628. The van der Waals surface area contributed by atoms with Gasteiger partial charge < -0.3 is 20.2 Å². The summed E-state index contributed by atoms with van der Waals surface area (Å²) in [6.45, 7) is 6.42. The number of hydrogen-bond donors (Lipinski definition) is 3. The van der Waals surface area contributed by atoms with Crippen molar-refractivity contribution in [1.82, 2.24) is 5.32 Å². The molecule has 0 bridgehead atoms. The number of carbonyl (C=O) groups excluding carboxylic acids is 1. The van der Waals surface area contributed by atoms with Crippen molar-refractivity contribution in [1.29, 1.82) is 0 Å². The van der Waals surface area contributed by atoms with Crippen molar-refractivity contribution in [2.24, 2.45) is 0 Å². The van der Waals surface area contributed by atoms with Gasteiger partial charge in [0.05, 0.1) is 12.8 Å². The number of hydrogen-bond acceptors (Lipinski definition) is 4. The highest BCUT2D eigenvalue weighted by Crippen LogP contribution is 2.24. The molecule has 1 heterocycles. The molecule has 0 aliphatic carbocycles. The second-order valence-electron chi connectivity index (χ2n) is 5.82. The van der Waals surface area contributed by atoms with Crippen LogP contribution >= 0.6 is 11.8 Å². The van der Waals surface area contributed by atoms with Crippen molar-refractivity contribution in [2.45, 2.75) is 37.9 Å². The summed E-state index contributed by atoms with van der Waals surface area (Å²) in [7, 11) is 0. The van der Waals surface area contributed by atoms with Crippen LogP contribution in [0.1, 0.15) is 36.8 Å². The average molecular weight is 348 g/mol. The van der Waals surface area contributed by atoms with E-state index in [4.69, 9.17) is 4.42 Å². The Balaban J connectivity index is 1.90. The molecule has 130 valence electrons. The van der Waals surface area contributed by atoms with Crippen LogP contribution < -0.4 is 10.6 Å². The Morgan fingerprint density at radius 1 is 1.29 bits per heavy atom. The van der Waals surface area contributed by atoms with Gasteiger partial charge in [0, 0.05) is 11.4 Å². The van der Waals surface area contributed by atoms with E-state index in [-0.39, 0.29) is 12.6 Å². The third-order valence-corrected chi connectivity index (χ3v) is 4.74. The summed E-state index contributed by atoms with van der Waals surface area (Å²) >= 11 is 1.87. The topological polar surface area (TPSA) is 74.5 Å². The zero-order valence-electron chi connectivity index (χ0n) is 14.2. The number of furan rings is 1. The van der Waals surface area contributed by atoms with Crippen LogP contribution in [0.3, 0.4) is 0 Å². The summed E-state index contributed by atoms with van der Waals surface area (Å²) in [6, 6.07) is 8.91. The Hall–Kier alpha value is -1.92. The van der Waals surface area contributed by atoms with Crippen molar-refractivity contribution < 1.29 is 14.3 Å². The smallest absolute Gasteiger partial charge is 0.319 e. The fourth-order valence-electron chi connectivity index (χ4n) is 2.17. The van der Waals surface area contributed by atoms with Gasteiger partial charge in [-0.25, -0.2) is 4.79 Å². The van der Waals surface area contributed by atoms with Crippen molar-refractivity contribution in [3.63, 3.8) is 0 Å². The highest BCUT2D eigenvalue weighted by molar-refractivity contribution is 7.99. The normalized spacial score (nSPS) is 12.2. The number of aliphatic hydroxyl groups excluding tert-OH is 1. The molecule has 1 aromatic carbocycles. The maximum absolute atomic E-state index is 12.0. The summed E-state index contributed by atoms with van der Waals surface area (Å²) in [4.78, 5) is 12.0. The number of amides is 2. The second-order valence-corrected chi connectivity index (χ2v) is 7.38. The van der Waals surface area contributed by atoms with E-state index in [1.165, 1.54) is 11.8 Å². The zero-order valence-corrected chi connectivity index (χ0v) is 15.0. The number of thioether (sulfide) groups is 1. The highest BCUT2D eigenvalue weighted by Gasteiger charge is 2.13. The quantitative estimate of drug-likeness (QED) is 0.705. The van der Waals surface area contributed by atoms with Crippen LogP contribution in [-0.2, 0) is 5.75 Å². The molecule has 0 aliphatic heterocycles. The van der Waals surface area contributed by atoms with Crippen molar-refractivity contribution in [2.75, 3.05) is 11.9 Å². The molecule has 0 aliphatic rings. The lowest BCUT2D eigenvalue weighted by molar-refractivity contribution is 0.149. The Kier molecular flexibility index (Phi) is 6.75. The van der Waals surface area contributed by atoms with Gasteiger partial charge in [0.25, 0.3) is 0 Å². The van der Waals surface area contributed by atoms with Gasteiger partial charge in [0.1, 0.15) is 11.9 Å². The first-order valence-electron chi connectivity index (χ1n) is 7.93. The fraction of sp³-hybridized carbons (Fsp3) is 0.389. The standard InChI is InChI=1S/C18H24N2O3S/c1-12(2)24-11-14-6-4-7-15(13(14)3)20-18(22)19-10-16(21)17-8-5-9-23-17/h4-9,12,16,21H,10-11H2,1-3H3,(H2,19,20,22). The molecule has 2 amide bonds. The number of urea groups is 1. The minimum Gasteiger partial charge on any atom is -0.467 e. The molecule has 2 rings (SSSR count). The first kappa shape index (κ1) is 18.4. The third-order valence-electron chi connectivity index (χ3n) is 3.59. The Morgan fingerprint density at radius 3 is 2.75 bits per heavy atom. The molecule has 0 radical (unpaired) electrons. The largest absolute Gasteiger partial charge is 0.467 e. The first-order chi connectivity index (χ1) is 11.5. The Morgan fingerprint density at radius 2 is 2.08 bits per heavy atom. The van der Waals surface area contributed by atoms with E-state index in [9.17, 15) is 9.90 Å². The average Bonchev–Trinajstić information content (AvgIpc) is 3.08. The number of anilines is 1. The summed E-state index contributed by atoms with van der Waals surface area (Å²) in [5.74, 6) is 1.34. The lowest BCUT2D eigenvalue weighted by atomic mass is 10.1. The number of aliphatic hydroxyl groups is 1. The molecule has 1 unspecified atom stereocenters. The fourth-order valence-corrected chi connectivity index (χ4v) is 2.99. The zero-order chi connectivity index (χ0) is 17.5. The van der Waals surface area contributed by atoms with Crippen LogP contribution in [0.5, 0.6) is 0 Å².